The topological polar surface area (TPSA) is 48.4 Å². The molecule has 0 saturated carbocycles. The molecule has 2 aromatic heterocycles. The number of rotatable bonds is 4. The van der Waals surface area contributed by atoms with Gasteiger partial charge in [-0.1, -0.05) is 0 Å². The fourth-order valence-electron chi connectivity index (χ4n) is 2.78. The van der Waals surface area contributed by atoms with Gasteiger partial charge in [-0.2, -0.15) is 13.2 Å². The first-order valence-electron chi connectivity index (χ1n) is 7.70. The molecule has 130 valence electrons. The summed E-state index contributed by atoms with van der Waals surface area (Å²) in [5.74, 6) is 0.716. The number of nitrogens with zero attached hydrogens (tertiary/aromatic N) is 2. The minimum Gasteiger partial charge on any atom is -0.393 e. The fourth-order valence-corrected chi connectivity index (χ4v) is 3.57. The summed E-state index contributed by atoms with van der Waals surface area (Å²) in [5, 5.41) is 14.1. The zero-order chi connectivity index (χ0) is 17.2. The van der Waals surface area contributed by atoms with Crippen LogP contribution in [0.3, 0.4) is 0 Å². The molecule has 0 amide bonds. The van der Waals surface area contributed by atoms with Crippen LogP contribution >= 0.6 is 11.3 Å². The molecule has 0 radical (unpaired) electrons. The first-order chi connectivity index (χ1) is 11.4. The van der Waals surface area contributed by atoms with E-state index in [0.29, 0.717) is 48.8 Å². The predicted molar refractivity (Wildman–Crippen MR) is 88.3 cm³/mol. The predicted octanol–water partition coefficient (Wildman–Crippen LogP) is 3.74. The van der Waals surface area contributed by atoms with Crippen molar-refractivity contribution in [3.63, 3.8) is 0 Å². The maximum absolute atomic E-state index is 13.0. The molecule has 24 heavy (non-hydrogen) atoms. The summed E-state index contributed by atoms with van der Waals surface area (Å²) < 4.78 is 38.9. The van der Waals surface area contributed by atoms with Crippen LogP contribution in [0.15, 0.2) is 29.8 Å². The number of thiophene rings is 1. The Morgan fingerprint density at radius 2 is 2.04 bits per heavy atom. The molecule has 1 aliphatic heterocycles. The Labute approximate surface area is 141 Å². The van der Waals surface area contributed by atoms with Gasteiger partial charge in [-0.3, -0.25) is 0 Å². The van der Waals surface area contributed by atoms with Gasteiger partial charge in [-0.05, 0) is 42.0 Å². The van der Waals surface area contributed by atoms with Gasteiger partial charge >= 0.3 is 6.18 Å². The van der Waals surface area contributed by atoms with E-state index in [1.165, 1.54) is 11.4 Å². The third-order valence-corrected chi connectivity index (χ3v) is 5.03. The number of nitrogens with one attached hydrogen (secondary N) is 1. The van der Waals surface area contributed by atoms with Crippen molar-refractivity contribution in [2.75, 3.05) is 23.3 Å². The minimum absolute atomic E-state index is 0.0908. The van der Waals surface area contributed by atoms with E-state index < -0.39 is 11.1 Å². The van der Waals surface area contributed by atoms with Crippen molar-refractivity contribution in [1.82, 2.24) is 4.98 Å². The Balaban J connectivity index is 1.74. The molecule has 0 unspecified atom stereocenters. The van der Waals surface area contributed by atoms with Crippen molar-refractivity contribution in [3.05, 3.63) is 40.2 Å². The second-order valence-electron chi connectivity index (χ2n) is 5.72. The highest BCUT2D eigenvalue weighted by Crippen LogP contribution is 2.36. The van der Waals surface area contributed by atoms with Crippen LogP contribution in [0.4, 0.5) is 24.7 Å². The maximum Gasteiger partial charge on any atom is 0.425 e. The highest BCUT2D eigenvalue weighted by atomic mass is 32.1. The molecule has 4 nitrogen and oxygen atoms in total. The molecule has 0 aromatic carbocycles. The molecule has 3 heterocycles. The van der Waals surface area contributed by atoms with Crippen LogP contribution in [-0.2, 0) is 12.7 Å². The van der Waals surface area contributed by atoms with Crippen LogP contribution < -0.4 is 10.2 Å². The van der Waals surface area contributed by atoms with E-state index in [4.69, 9.17) is 0 Å². The molecule has 0 atom stereocenters. The summed E-state index contributed by atoms with van der Waals surface area (Å²) in [6.45, 7) is 1.45. The molecule has 8 heteroatoms. The number of aliphatic hydroxyl groups excluding tert-OH is 1. The average Bonchev–Trinajstić information content (AvgIpc) is 3.03. The van der Waals surface area contributed by atoms with Gasteiger partial charge in [-0.15, -0.1) is 11.3 Å². The first-order valence-corrected chi connectivity index (χ1v) is 8.58. The molecule has 1 fully saturated rings. The number of hydrogen-bond donors (Lipinski definition) is 2. The molecule has 3 rings (SSSR count). The summed E-state index contributed by atoms with van der Waals surface area (Å²) in [5.41, 5.74) is 0.935. The monoisotopic (exact) mass is 357 g/mol. The van der Waals surface area contributed by atoms with E-state index in [0.717, 1.165) is 0 Å². The van der Waals surface area contributed by atoms with Gasteiger partial charge in [-0.25, -0.2) is 4.98 Å². The lowest BCUT2D eigenvalue weighted by Gasteiger charge is -2.31. The molecule has 0 spiro atoms. The molecule has 0 aliphatic carbocycles. The number of pyridine rings is 1. The number of aromatic nitrogens is 1. The lowest BCUT2D eigenvalue weighted by Crippen LogP contribution is -2.36. The van der Waals surface area contributed by atoms with Gasteiger partial charge in [0.2, 0.25) is 0 Å². The van der Waals surface area contributed by atoms with Crippen LogP contribution in [0, 0.1) is 0 Å². The van der Waals surface area contributed by atoms with Crippen molar-refractivity contribution in [2.24, 2.45) is 0 Å². The third-order valence-electron chi connectivity index (χ3n) is 4.02. The second-order valence-corrected chi connectivity index (χ2v) is 6.64. The molecule has 2 aromatic rings. The van der Waals surface area contributed by atoms with Crippen LogP contribution in [0.5, 0.6) is 0 Å². The Morgan fingerprint density at radius 3 is 2.75 bits per heavy atom. The summed E-state index contributed by atoms with van der Waals surface area (Å²) in [6, 6.07) is 5.06. The molecular weight excluding hydrogens is 339 g/mol. The standard InChI is InChI=1S/C16H18F3N3OS/c17-16(18,19)14-11(5-9-24-14)10-21-13-2-1-6-20-15(13)22-7-3-12(23)4-8-22/h1-2,5-6,9,12,21,23H,3-4,7-8,10H2. The summed E-state index contributed by atoms with van der Waals surface area (Å²) in [6.07, 6.45) is -1.62. The van der Waals surface area contributed by atoms with E-state index in [-0.39, 0.29) is 18.2 Å². The van der Waals surface area contributed by atoms with Crippen molar-refractivity contribution in [3.8, 4) is 0 Å². The van der Waals surface area contributed by atoms with E-state index in [1.54, 1.807) is 12.3 Å². The molecular formula is C16H18F3N3OS. The van der Waals surface area contributed by atoms with E-state index in [2.05, 4.69) is 10.3 Å². The third kappa shape index (κ3) is 3.81. The Bertz CT molecular complexity index is 681. The largest absolute Gasteiger partial charge is 0.425 e. The van der Waals surface area contributed by atoms with Gasteiger partial charge in [0, 0.05) is 25.8 Å². The number of halogens is 3. The zero-order valence-corrected chi connectivity index (χ0v) is 13.7. The molecule has 1 aliphatic rings. The van der Waals surface area contributed by atoms with Gasteiger partial charge in [0.25, 0.3) is 0 Å². The summed E-state index contributed by atoms with van der Waals surface area (Å²) in [7, 11) is 0. The van der Waals surface area contributed by atoms with Crippen LogP contribution in [0.25, 0.3) is 0 Å². The zero-order valence-electron chi connectivity index (χ0n) is 12.9. The van der Waals surface area contributed by atoms with Crippen LogP contribution in [0.1, 0.15) is 23.3 Å². The molecule has 0 bridgehead atoms. The lowest BCUT2D eigenvalue weighted by molar-refractivity contribution is -0.134. The SMILES string of the molecule is OC1CCN(c2ncccc2NCc2ccsc2C(F)(F)F)CC1. The average molecular weight is 357 g/mol. The second kappa shape index (κ2) is 6.98. The Morgan fingerprint density at radius 1 is 1.29 bits per heavy atom. The lowest BCUT2D eigenvalue weighted by atomic mass is 10.1. The summed E-state index contributed by atoms with van der Waals surface area (Å²) >= 11 is 0.705. The van der Waals surface area contributed by atoms with Crippen molar-refractivity contribution in [1.29, 1.82) is 0 Å². The quantitative estimate of drug-likeness (QED) is 0.875. The van der Waals surface area contributed by atoms with E-state index in [9.17, 15) is 18.3 Å². The summed E-state index contributed by atoms with van der Waals surface area (Å²) in [4.78, 5) is 5.84. The van der Waals surface area contributed by atoms with Crippen LogP contribution in [-0.4, -0.2) is 29.3 Å². The van der Waals surface area contributed by atoms with Crippen molar-refractivity contribution < 1.29 is 18.3 Å². The van der Waals surface area contributed by atoms with Crippen LogP contribution in [0.2, 0.25) is 0 Å². The number of aliphatic hydroxyl groups is 1. The smallest absolute Gasteiger partial charge is 0.393 e. The fraction of sp³-hybridized carbons (Fsp3) is 0.438. The molecule has 2 N–H and O–H groups in total. The number of hydrogen-bond acceptors (Lipinski definition) is 5. The highest BCUT2D eigenvalue weighted by molar-refractivity contribution is 7.10. The maximum atomic E-state index is 13.0. The van der Waals surface area contributed by atoms with E-state index in [1.807, 2.05) is 11.0 Å². The van der Waals surface area contributed by atoms with Gasteiger partial charge in [0.1, 0.15) is 4.88 Å². The van der Waals surface area contributed by atoms with Gasteiger partial charge < -0.3 is 15.3 Å². The highest BCUT2D eigenvalue weighted by Gasteiger charge is 2.34. The van der Waals surface area contributed by atoms with Gasteiger partial charge in [0.15, 0.2) is 5.82 Å². The van der Waals surface area contributed by atoms with Crippen molar-refractivity contribution in [2.45, 2.75) is 31.7 Å². The number of piperidine rings is 1. The van der Waals surface area contributed by atoms with Crippen molar-refractivity contribution >= 4 is 22.8 Å². The van der Waals surface area contributed by atoms with Gasteiger partial charge in [0.05, 0.1) is 11.8 Å². The normalized spacial score (nSPS) is 16.4. The molecule has 1 saturated heterocycles. The minimum atomic E-state index is -4.33. The van der Waals surface area contributed by atoms with E-state index >= 15 is 0 Å². The Kier molecular flexibility index (Phi) is 4.96. The Hall–Kier alpha value is -1.80. The number of alkyl halides is 3. The number of anilines is 2. The first kappa shape index (κ1) is 17.0.